The maximum atomic E-state index is 11.2. The van der Waals surface area contributed by atoms with Crippen molar-refractivity contribution in [3.05, 3.63) is 0 Å². The zero-order valence-electron chi connectivity index (χ0n) is 7.25. The van der Waals surface area contributed by atoms with Crippen LogP contribution in [0.2, 0.25) is 0 Å². The van der Waals surface area contributed by atoms with E-state index in [1.54, 1.807) is 7.05 Å². The van der Waals surface area contributed by atoms with Gasteiger partial charge in [-0.25, -0.2) is 0 Å². The molecular weight excluding hydrogens is 156 g/mol. The summed E-state index contributed by atoms with van der Waals surface area (Å²) in [6.45, 7) is 1.23. The molecule has 1 unspecified atom stereocenters. The number of rotatable bonds is 3. The number of likely N-dealkylation sites (N-methyl/N-ethyl adjacent to an activating group) is 1. The van der Waals surface area contributed by atoms with E-state index in [1.165, 1.54) is 0 Å². The number of nitrogens with zero attached hydrogens (tertiary/aromatic N) is 1. The van der Waals surface area contributed by atoms with Crippen LogP contribution < -0.4 is 5.32 Å². The molecule has 1 aliphatic rings. The van der Waals surface area contributed by atoms with Crippen LogP contribution in [0.3, 0.4) is 0 Å². The second kappa shape index (κ2) is 4.21. The standard InChI is InChI=1S/C8H14N2O2/c1-9-8(12)7-3-2-4-10(7)5-6-11/h6-7H,2-5H2,1H3,(H,9,12). The molecule has 1 atom stereocenters. The minimum Gasteiger partial charge on any atom is -0.358 e. The Hall–Kier alpha value is -0.900. The first kappa shape index (κ1) is 9.19. The molecule has 0 bridgehead atoms. The van der Waals surface area contributed by atoms with Gasteiger partial charge in [-0.3, -0.25) is 9.69 Å². The van der Waals surface area contributed by atoms with Gasteiger partial charge in [-0.05, 0) is 19.4 Å². The van der Waals surface area contributed by atoms with Gasteiger partial charge < -0.3 is 10.1 Å². The van der Waals surface area contributed by atoms with E-state index in [-0.39, 0.29) is 11.9 Å². The molecule has 1 saturated heterocycles. The van der Waals surface area contributed by atoms with E-state index in [2.05, 4.69) is 5.32 Å². The van der Waals surface area contributed by atoms with Crippen LogP contribution in [0.15, 0.2) is 0 Å². The smallest absolute Gasteiger partial charge is 0.237 e. The second-order valence-corrected chi connectivity index (χ2v) is 2.93. The summed E-state index contributed by atoms with van der Waals surface area (Å²) in [5, 5.41) is 2.60. The Balaban J connectivity index is 2.50. The second-order valence-electron chi connectivity index (χ2n) is 2.93. The van der Waals surface area contributed by atoms with Gasteiger partial charge in [0.15, 0.2) is 0 Å². The summed E-state index contributed by atoms with van der Waals surface area (Å²) in [5.41, 5.74) is 0. The van der Waals surface area contributed by atoms with Crippen LogP contribution in [0.4, 0.5) is 0 Å². The van der Waals surface area contributed by atoms with Crippen molar-refractivity contribution in [1.29, 1.82) is 0 Å². The lowest BCUT2D eigenvalue weighted by molar-refractivity contribution is -0.125. The number of nitrogens with one attached hydrogen (secondary N) is 1. The van der Waals surface area contributed by atoms with E-state index in [1.807, 2.05) is 4.90 Å². The number of carbonyl (C=O) groups excluding carboxylic acids is 2. The summed E-state index contributed by atoms with van der Waals surface area (Å²) >= 11 is 0. The molecule has 68 valence electrons. The monoisotopic (exact) mass is 170 g/mol. The summed E-state index contributed by atoms with van der Waals surface area (Å²) in [6.07, 6.45) is 2.72. The largest absolute Gasteiger partial charge is 0.358 e. The minimum absolute atomic E-state index is 0.0225. The quantitative estimate of drug-likeness (QED) is 0.575. The average molecular weight is 170 g/mol. The van der Waals surface area contributed by atoms with E-state index < -0.39 is 0 Å². The highest BCUT2D eigenvalue weighted by Gasteiger charge is 2.29. The van der Waals surface area contributed by atoms with E-state index >= 15 is 0 Å². The fourth-order valence-corrected chi connectivity index (χ4v) is 1.60. The fourth-order valence-electron chi connectivity index (χ4n) is 1.60. The zero-order chi connectivity index (χ0) is 8.97. The third-order valence-corrected chi connectivity index (χ3v) is 2.22. The van der Waals surface area contributed by atoms with E-state index in [0.29, 0.717) is 6.54 Å². The van der Waals surface area contributed by atoms with Gasteiger partial charge >= 0.3 is 0 Å². The van der Waals surface area contributed by atoms with Crippen LogP contribution >= 0.6 is 0 Å². The molecule has 1 fully saturated rings. The summed E-state index contributed by atoms with van der Waals surface area (Å²) < 4.78 is 0. The van der Waals surface area contributed by atoms with Crippen molar-refractivity contribution in [2.24, 2.45) is 0 Å². The fraction of sp³-hybridized carbons (Fsp3) is 0.750. The third-order valence-electron chi connectivity index (χ3n) is 2.22. The normalized spacial score (nSPS) is 23.9. The van der Waals surface area contributed by atoms with Gasteiger partial charge in [-0.15, -0.1) is 0 Å². The van der Waals surface area contributed by atoms with Gasteiger partial charge in [0.25, 0.3) is 0 Å². The number of amides is 1. The maximum Gasteiger partial charge on any atom is 0.237 e. The van der Waals surface area contributed by atoms with Gasteiger partial charge in [0.05, 0.1) is 12.6 Å². The molecule has 12 heavy (non-hydrogen) atoms. The molecule has 0 radical (unpaired) electrons. The van der Waals surface area contributed by atoms with Crippen LogP contribution in [0, 0.1) is 0 Å². The van der Waals surface area contributed by atoms with Gasteiger partial charge in [-0.2, -0.15) is 0 Å². The number of aldehydes is 1. The zero-order valence-corrected chi connectivity index (χ0v) is 7.25. The van der Waals surface area contributed by atoms with E-state index in [4.69, 9.17) is 0 Å². The van der Waals surface area contributed by atoms with Crippen LogP contribution in [0.1, 0.15) is 12.8 Å². The Labute approximate surface area is 71.9 Å². The highest BCUT2D eigenvalue weighted by Crippen LogP contribution is 2.15. The average Bonchev–Trinajstić information content (AvgIpc) is 2.52. The van der Waals surface area contributed by atoms with E-state index in [0.717, 1.165) is 25.7 Å². The minimum atomic E-state index is -0.0831. The molecule has 0 aromatic heterocycles. The highest BCUT2D eigenvalue weighted by molar-refractivity contribution is 5.82. The Morgan fingerprint density at radius 1 is 1.75 bits per heavy atom. The molecule has 1 N–H and O–H groups in total. The number of hydrogen-bond donors (Lipinski definition) is 1. The first-order valence-electron chi connectivity index (χ1n) is 4.19. The van der Waals surface area contributed by atoms with Crippen molar-refractivity contribution in [1.82, 2.24) is 10.2 Å². The topological polar surface area (TPSA) is 49.4 Å². The summed E-state index contributed by atoms with van der Waals surface area (Å²) in [5.74, 6) is 0.0225. The molecule has 0 spiro atoms. The Kier molecular flexibility index (Phi) is 3.22. The van der Waals surface area contributed by atoms with Crippen molar-refractivity contribution < 1.29 is 9.59 Å². The molecule has 1 heterocycles. The molecule has 1 aliphatic heterocycles. The lowest BCUT2D eigenvalue weighted by atomic mass is 10.2. The van der Waals surface area contributed by atoms with Crippen LogP contribution in [0.25, 0.3) is 0 Å². The summed E-state index contributed by atoms with van der Waals surface area (Å²) in [7, 11) is 1.62. The predicted molar refractivity (Wildman–Crippen MR) is 44.7 cm³/mol. The maximum absolute atomic E-state index is 11.2. The van der Waals surface area contributed by atoms with E-state index in [9.17, 15) is 9.59 Å². The number of carbonyl (C=O) groups is 2. The molecule has 4 heteroatoms. The SMILES string of the molecule is CNC(=O)C1CCCN1CC=O. The molecule has 0 saturated carbocycles. The predicted octanol–water partition coefficient (Wildman–Crippen LogP) is -0.604. The van der Waals surface area contributed by atoms with Crippen molar-refractivity contribution in [2.45, 2.75) is 18.9 Å². The molecule has 1 amide bonds. The number of hydrogen-bond acceptors (Lipinski definition) is 3. The first-order chi connectivity index (χ1) is 5.79. The third kappa shape index (κ3) is 1.82. The first-order valence-corrected chi connectivity index (χ1v) is 4.19. The molecule has 1 rings (SSSR count). The van der Waals surface area contributed by atoms with Crippen LogP contribution in [-0.2, 0) is 9.59 Å². The lowest BCUT2D eigenvalue weighted by Gasteiger charge is -2.19. The van der Waals surface area contributed by atoms with Crippen molar-refractivity contribution in [3.63, 3.8) is 0 Å². The van der Waals surface area contributed by atoms with Gasteiger partial charge in [0.2, 0.25) is 5.91 Å². The highest BCUT2D eigenvalue weighted by atomic mass is 16.2. The molecule has 0 aromatic carbocycles. The number of likely N-dealkylation sites (tertiary alicyclic amines) is 1. The molecular formula is C8H14N2O2. The molecule has 4 nitrogen and oxygen atoms in total. The van der Waals surface area contributed by atoms with Crippen molar-refractivity contribution in [3.8, 4) is 0 Å². The Morgan fingerprint density at radius 3 is 3.08 bits per heavy atom. The molecule has 0 aromatic rings. The molecule has 0 aliphatic carbocycles. The summed E-state index contributed by atoms with van der Waals surface area (Å²) in [6, 6.07) is -0.0831. The van der Waals surface area contributed by atoms with Gasteiger partial charge in [-0.1, -0.05) is 0 Å². The Bertz CT molecular complexity index is 182. The van der Waals surface area contributed by atoms with Crippen molar-refractivity contribution in [2.75, 3.05) is 20.1 Å². The summed E-state index contributed by atoms with van der Waals surface area (Å²) in [4.78, 5) is 23.4. The Morgan fingerprint density at radius 2 is 2.50 bits per heavy atom. The van der Waals surface area contributed by atoms with Crippen LogP contribution in [0.5, 0.6) is 0 Å². The van der Waals surface area contributed by atoms with Gasteiger partial charge in [0, 0.05) is 7.05 Å². The lowest BCUT2D eigenvalue weighted by Crippen LogP contribution is -2.42. The van der Waals surface area contributed by atoms with Gasteiger partial charge in [0.1, 0.15) is 6.29 Å². The van der Waals surface area contributed by atoms with Crippen LogP contribution in [-0.4, -0.2) is 43.3 Å². The van der Waals surface area contributed by atoms with Crippen molar-refractivity contribution >= 4 is 12.2 Å².